The van der Waals surface area contributed by atoms with Crippen LogP contribution in [-0.4, -0.2) is 21.8 Å². The van der Waals surface area contributed by atoms with Crippen molar-refractivity contribution in [2.75, 3.05) is 5.32 Å². The number of hydrogen-bond donors (Lipinski definition) is 2. The zero-order valence-electron chi connectivity index (χ0n) is 7.11. The number of carbonyl (C=O) groups excluding carboxylic acids is 1. The summed E-state index contributed by atoms with van der Waals surface area (Å²) in [5.41, 5.74) is 0.572. The first-order chi connectivity index (χ1) is 6.61. The molecule has 0 saturated carbocycles. The van der Waals surface area contributed by atoms with Crippen LogP contribution in [0, 0.1) is 0 Å². The van der Waals surface area contributed by atoms with Crippen LogP contribution in [0.4, 0.5) is 5.69 Å². The standard InChI is InChI=1S/C9H8BrNO3/c10-7(9(13)14)8(12)11-6-4-2-1-3-5-6/h1-5,7H,(H,11,12)(H,13,14). The number of halogens is 1. The van der Waals surface area contributed by atoms with Crippen molar-refractivity contribution in [2.24, 2.45) is 0 Å². The van der Waals surface area contributed by atoms with Crippen LogP contribution in [0.5, 0.6) is 0 Å². The highest BCUT2D eigenvalue weighted by Gasteiger charge is 2.22. The van der Waals surface area contributed by atoms with Gasteiger partial charge in [-0.15, -0.1) is 0 Å². The van der Waals surface area contributed by atoms with Gasteiger partial charge in [-0.05, 0) is 12.1 Å². The summed E-state index contributed by atoms with van der Waals surface area (Å²) in [6.45, 7) is 0. The second kappa shape index (κ2) is 4.76. The van der Waals surface area contributed by atoms with Crippen molar-refractivity contribution in [1.29, 1.82) is 0 Å². The lowest BCUT2D eigenvalue weighted by Gasteiger charge is -2.06. The average molecular weight is 258 g/mol. The molecule has 0 fully saturated rings. The van der Waals surface area contributed by atoms with E-state index in [0.717, 1.165) is 0 Å². The van der Waals surface area contributed by atoms with Crippen molar-refractivity contribution in [3.8, 4) is 0 Å². The molecule has 1 amide bonds. The molecular formula is C9H8BrNO3. The van der Waals surface area contributed by atoms with Crippen molar-refractivity contribution >= 4 is 33.5 Å². The van der Waals surface area contributed by atoms with Gasteiger partial charge in [-0.3, -0.25) is 9.59 Å². The Bertz CT molecular complexity index is 339. The lowest BCUT2D eigenvalue weighted by atomic mass is 10.3. The number of carboxylic acid groups (broad SMARTS) is 1. The van der Waals surface area contributed by atoms with Gasteiger partial charge in [0, 0.05) is 5.69 Å². The molecule has 1 aromatic carbocycles. The summed E-state index contributed by atoms with van der Waals surface area (Å²) < 4.78 is 0. The number of para-hydroxylation sites is 1. The van der Waals surface area contributed by atoms with Gasteiger partial charge < -0.3 is 10.4 Å². The second-order valence-corrected chi connectivity index (χ2v) is 3.47. The van der Waals surface area contributed by atoms with Gasteiger partial charge in [-0.25, -0.2) is 0 Å². The SMILES string of the molecule is O=C(O)C(Br)C(=O)Nc1ccccc1. The Morgan fingerprint density at radius 3 is 2.36 bits per heavy atom. The normalized spacial score (nSPS) is 11.8. The van der Waals surface area contributed by atoms with E-state index in [1.807, 2.05) is 0 Å². The summed E-state index contributed by atoms with van der Waals surface area (Å²) in [5, 5.41) is 11.0. The zero-order valence-corrected chi connectivity index (χ0v) is 8.69. The molecule has 0 bridgehead atoms. The lowest BCUT2D eigenvalue weighted by molar-refractivity contribution is -0.138. The highest BCUT2D eigenvalue weighted by molar-refractivity contribution is 9.10. The summed E-state index contributed by atoms with van der Waals surface area (Å²) in [5.74, 6) is -1.80. The Morgan fingerprint density at radius 1 is 1.29 bits per heavy atom. The van der Waals surface area contributed by atoms with E-state index in [0.29, 0.717) is 5.69 Å². The van der Waals surface area contributed by atoms with E-state index in [1.165, 1.54) is 0 Å². The fraction of sp³-hybridized carbons (Fsp3) is 0.111. The first-order valence-electron chi connectivity index (χ1n) is 3.84. The van der Waals surface area contributed by atoms with Gasteiger partial charge in [0.1, 0.15) is 0 Å². The third-order valence-corrected chi connectivity index (χ3v) is 2.30. The summed E-state index contributed by atoms with van der Waals surface area (Å²) >= 11 is 2.75. The second-order valence-electron chi connectivity index (χ2n) is 2.56. The fourth-order valence-corrected chi connectivity index (χ4v) is 0.954. The van der Waals surface area contributed by atoms with Crippen LogP contribution < -0.4 is 5.32 Å². The molecule has 0 aliphatic carbocycles. The van der Waals surface area contributed by atoms with Crippen LogP contribution >= 0.6 is 15.9 Å². The minimum Gasteiger partial charge on any atom is -0.480 e. The van der Waals surface area contributed by atoms with Crippen molar-refractivity contribution in [3.05, 3.63) is 30.3 Å². The Morgan fingerprint density at radius 2 is 1.86 bits per heavy atom. The third kappa shape index (κ3) is 2.85. The third-order valence-electron chi connectivity index (χ3n) is 1.49. The molecule has 74 valence electrons. The molecule has 14 heavy (non-hydrogen) atoms. The number of aliphatic carboxylic acids is 1. The molecule has 1 rings (SSSR count). The topological polar surface area (TPSA) is 66.4 Å². The largest absolute Gasteiger partial charge is 0.480 e. The fourth-order valence-electron chi connectivity index (χ4n) is 0.839. The van der Waals surface area contributed by atoms with Gasteiger partial charge in [0.05, 0.1) is 0 Å². The maximum absolute atomic E-state index is 11.2. The van der Waals surface area contributed by atoms with Gasteiger partial charge in [-0.1, -0.05) is 34.1 Å². The van der Waals surface area contributed by atoms with Crippen molar-refractivity contribution in [3.63, 3.8) is 0 Å². The first kappa shape index (κ1) is 10.7. The zero-order chi connectivity index (χ0) is 10.6. The van der Waals surface area contributed by atoms with E-state index in [4.69, 9.17) is 5.11 Å². The molecule has 0 spiro atoms. The predicted octanol–water partition coefficient (Wildman–Crippen LogP) is 1.47. The Labute approximate surface area is 89.1 Å². The van der Waals surface area contributed by atoms with Crippen molar-refractivity contribution in [2.45, 2.75) is 4.83 Å². The Hall–Kier alpha value is -1.36. The van der Waals surface area contributed by atoms with E-state index in [9.17, 15) is 9.59 Å². The molecule has 1 aromatic rings. The first-order valence-corrected chi connectivity index (χ1v) is 4.75. The van der Waals surface area contributed by atoms with Crippen LogP contribution in [0.1, 0.15) is 0 Å². The number of carboxylic acids is 1. The highest BCUT2D eigenvalue weighted by Crippen LogP contribution is 2.08. The number of benzene rings is 1. The highest BCUT2D eigenvalue weighted by atomic mass is 79.9. The summed E-state index contributed by atoms with van der Waals surface area (Å²) in [7, 11) is 0. The minimum atomic E-state index is -1.22. The van der Waals surface area contributed by atoms with Crippen LogP contribution in [0.2, 0.25) is 0 Å². The van der Waals surface area contributed by atoms with E-state index in [2.05, 4.69) is 21.2 Å². The number of rotatable bonds is 3. The molecule has 0 saturated heterocycles. The summed E-state index contributed by atoms with van der Waals surface area (Å²) in [6, 6.07) is 8.66. The van der Waals surface area contributed by atoms with Gasteiger partial charge in [0.25, 0.3) is 0 Å². The number of carbonyl (C=O) groups is 2. The van der Waals surface area contributed by atoms with Crippen LogP contribution in [-0.2, 0) is 9.59 Å². The molecule has 1 atom stereocenters. The van der Waals surface area contributed by atoms with Crippen LogP contribution in [0.25, 0.3) is 0 Å². The average Bonchev–Trinajstić information content (AvgIpc) is 2.18. The molecule has 0 radical (unpaired) electrons. The van der Waals surface area contributed by atoms with E-state index in [-0.39, 0.29) is 0 Å². The number of amides is 1. The summed E-state index contributed by atoms with van der Waals surface area (Å²) in [6.07, 6.45) is 0. The molecule has 5 heteroatoms. The Balaban J connectivity index is 2.62. The molecule has 0 aliphatic heterocycles. The number of hydrogen-bond acceptors (Lipinski definition) is 2. The molecule has 2 N–H and O–H groups in total. The van der Waals surface area contributed by atoms with Crippen LogP contribution in [0.15, 0.2) is 30.3 Å². The number of nitrogens with one attached hydrogen (secondary N) is 1. The molecule has 0 aromatic heterocycles. The van der Waals surface area contributed by atoms with Gasteiger partial charge in [0.2, 0.25) is 5.91 Å². The van der Waals surface area contributed by atoms with Crippen LogP contribution in [0.3, 0.4) is 0 Å². The lowest BCUT2D eigenvalue weighted by Crippen LogP contribution is -2.29. The Kier molecular flexibility index (Phi) is 3.64. The van der Waals surface area contributed by atoms with E-state index < -0.39 is 16.7 Å². The van der Waals surface area contributed by atoms with E-state index in [1.54, 1.807) is 30.3 Å². The summed E-state index contributed by atoms with van der Waals surface area (Å²) in [4.78, 5) is 20.4. The molecule has 0 aliphatic rings. The maximum Gasteiger partial charge on any atom is 0.327 e. The predicted molar refractivity (Wildman–Crippen MR) is 55.4 cm³/mol. The molecular weight excluding hydrogens is 250 g/mol. The van der Waals surface area contributed by atoms with Crippen molar-refractivity contribution in [1.82, 2.24) is 0 Å². The van der Waals surface area contributed by atoms with Gasteiger partial charge in [0.15, 0.2) is 4.83 Å². The minimum absolute atomic E-state index is 0.572. The maximum atomic E-state index is 11.2. The number of anilines is 1. The molecule has 0 heterocycles. The number of alkyl halides is 1. The molecule has 1 unspecified atom stereocenters. The van der Waals surface area contributed by atoms with Crippen molar-refractivity contribution < 1.29 is 14.7 Å². The molecule has 4 nitrogen and oxygen atoms in total. The smallest absolute Gasteiger partial charge is 0.327 e. The van der Waals surface area contributed by atoms with Gasteiger partial charge in [-0.2, -0.15) is 0 Å². The quantitative estimate of drug-likeness (QED) is 0.637. The van der Waals surface area contributed by atoms with Gasteiger partial charge >= 0.3 is 5.97 Å². The van der Waals surface area contributed by atoms with E-state index >= 15 is 0 Å². The monoisotopic (exact) mass is 257 g/mol.